The van der Waals surface area contributed by atoms with Gasteiger partial charge in [0.2, 0.25) is 0 Å². The van der Waals surface area contributed by atoms with Gasteiger partial charge in [-0.05, 0) is 36.5 Å². The fourth-order valence-electron chi connectivity index (χ4n) is 1.86. The molecule has 1 aromatic carbocycles. The van der Waals surface area contributed by atoms with E-state index in [-0.39, 0.29) is 0 Å². The van der Waals surface area contributed by atoms with Crippen molar-refractivity contribution in [2.24, 2.45) is 5.92 Å². The van der Waals surface area contributed by atoms with Crippen molar-refractivity contribution in [2.75, 3.05) is 13.2 Å². The molecule has 2 rings (SSSR count). The number of benzene rings is 1. The number of hydrogen-bond donors (Lipinski definition) is 1. The molecule has 1 aliphatic heterocycles. The summed E-state index contributed by atoms with van der Waals surface area (Å²) in [5, 5.41) is 8.74. The van der Waals surface area contributed by atoms with Crippen LogP contribution in [0.5, 0.6) is 0 Å². The highest BCUT2D eigenvalue weighted by atomic mass is 16.5. The Morgan fingerprint density at radius 3 is 2.67 bits per heavy atom. The van der Waals surface area contributed by atoms with Crippen LogP contribution in [0.15, 0.2) is 24.3 Å². The summed E-state index contributed by atoms with van der Waals surface area (Å²) in [7, 11) is 0. The summed E-state index contributed by atoms with van der Waals surface area (Å²) < 4.78 is 5.30. The zero-order chi connectivity index (χ0) is 10.7. The number of ether oxygens (including phenoxy) is 1. The van der Waals surface area contributed by atoms with Gasteiger partial charge in [0, 0.05) is 13.2 Å². The molecule has 0 aliphatic carbocycles. The van der Waals surface area contributed by atoms with E-state index in [1.807, 2.05) is 12.1 Å². The molecule has 1 heterocycles. The molecule has 0 saturated carbocycles. The standard InChI is InChI=1S/C12H14O3/c13-12(14)11-3-1-9(2-4-11)7-10-5-6-15-8-10/h1-4,10H,5-8H2,(H,13,14). The van der Waals surface area contributed by atoms with Crippen molar-refractivity contribution < 1.29 is 14.6 Å². The van der Waals surface area contributed by atoms with Crippen LogP contribution in [-0.2, 0) is 11.2 Å². The summed E-state index contributed by atoms with van der Waals surface area (Å²) in [4.78, 5) is 10.6. The molecule has 0 radical (unpaired) electrons. The Labute approximate surface area is 88.7 Å². The van der Waals surface area contributed by atoms with Gasteiger partial charge in [-0.1, -0.05) is 12.1 Å². The van der Waals surface area contributed by atoms with Crippen molar-refractivity contribution in [1.29, 1.82) is 0 Å². The van der Waals surface area contributed by atoms with Gasteiger partial charge in [0.1, 0.15) is 0 Å². The Kier molecular flexibility index (Phi) is 3.02. The minimum Gasteiger partial charge on any atom is -0.478 e. The third-order valence-corrected chi connectivity index (χ3v) is 2.75. The van der Waals surface area contributed by atoms with E-state index < -0.39 is 5.97 Å². The predicted octanol–water partition coefficient (Wildman–Crippen LogP) is 1.96. The molecule has 0 amide bonds. The molecule has 0 spiro atoms. The van der Waals surface area contributed by atoms with Gasteiger partial charge in [-0.2, -0.15) is 0 Å². The molecule has 80 valence electrons. The van der Waals surface area contributed by atoms with E-state index in [1.165, 1.54) is 5.56 Å². The number of hydrogen-bond acceptors (Lipinski definition) is 2. The Morgan fingerprint density at radius 2 is 2.13 bits per heavy atom. The highest BCUT2D eigenvalue weighted by Gasteiger charge is 2.15. The topological polar surface area (TPSA) is 46.5 Å². The lowest BCUT2D eigenvalue weighted by molar-refractivity contribution is 0.0697. The van der Waals surface area contributed by atoms with E-state index in [0.29, 0.717) is 11.5 Å². The number of carboxylic acids is 1. The van der Waals surface area contributed by atoms with Gasteiger partial charge in [-0.15, -0.1) is 0 Å². The van der Waals surface area contributed by atoms with Gasteiger partial charge < -0.3 is 9.84 Å². The van der Waals surface area contributed by atoms with E-state index in [9.17, 15) is 4.79 Å². The normalized spacial score (nSPS) is 20.4. The molecular formula is C12H14O3. The van der Waals surface area contributed by atoms with Gasteiger partial charge in [0.05, 0.1) is 5.56 Å². The first-order valence-corrected chi connectivity index (χ1v) is 5.15. The van der Waals surface area contributed by atoms with Gasteiger partial charge >= 0.3 is 5.97 Å². The fourth-order valence-corrected chi connectivity index (χ4v) is 1.86. The number of carbonyl (C=O) groups is 1. The highest BCUT2D eigenvalue weighted by Crippen LogP contribution is 2.18. The van der Waals surface area contributed by atoms with Crippen LogP contribution in [0.3, 0.4) is 0 Å². The maximum atomic E-state index is 10.6. The summed E-state index contributed by atoms with van der Waals surface area (Å²) >= 11 is 0. The lowest BCUT2D eigenvalue weighted by atomic mass is 9.98. The van der Waals surface area contributed by atoms with Gasteiger partial charge in [0.15, 0.2) is 0 Å². The third kappa shape index (κ3) is 2.57. The Bertz CT molecular complexity index is 336. The average Bonchev–Trinajstić information content (AvgIpc) is 2.71. The molecule has 1 N–H and O–H groups in total. The molecule has 1 atom stereocenters. The molecule has 0 aromatic heterocycles. The zero-order valence-corrected chi connectivity index (χ0v) is 8.48. The Balaban J connectivity index is 2.00. The van der Waals surface area contributed by atoms with Crippen molar-refractivity contribution in [3.63, 3.8) is 0 Å². The molecule has 3 nitrogen and oxygen atoms in total. The van der Waals surface area contributed by atoms with Crippen molar-refractivity contribution in [2.45, 2.75) is 12.8 Å². The van der Waals surface area contributed by atoms with Crippen LogP contribution < -0.4 is 0 Å². The van der Waals surface area contributed by atoms with Gasteiger partial charge in [-0.3, -0.25) is 0 Å². The van der Waals surface area contributed by atoms with Crippen LogP contribution in [0, 0.1) is 5.92 Å². The Hall–Kier alpha value is -1.35. The molecule has 15 heavy (non-hydrogen) atoms. The van der Waals surface area contributed by atoms with Crippen LogP contribution in [0.4, 0.5) is 0 Å². The second-order valence-electron chi connectivity index (χ2n) is 3.94. The van der Waals surface area contributed by atoms with Crippen LogP contribution in [0.25, 0.3) is 0 Å². The molecule has 3 heteroatoms. The maximum absolute atomic E-state index is 10.6. The van der Waals surface area contributed by atoms with E-state index in [4.69, 9.17) is 9.84 Å². The minimum absolute atomic E-state index is 0.349. The first kappa shape index (κ1) is 10.2. The van der Waals surface area contributed by atoms with E-state index in [2.05, 4.69) is 0 Å². The summed E-state index contributed by atoms with van der Waals surface area (Å²) in [5.41, 5.74) is 1.54. The Morgan fingerprint density at radius 1 is 1.40 bits per heavy atom. The van der Waals surface area contributed by atoms with Crippen LogP contribution in [-0.4, -0.2) is 24.3 Å². The molecule has 0 bridgehead atoms. The van der Waals surface area contributed by atoms with E-state index in [0.717, 1.165) is 26.1 Å². The molecule has 1 unspecified atom stereocenters. The summed E-state index contributed by atoms with van der Waals surface area (Å²) in [5.74, 6) is -0.272. The lowest BCUT2D eigenvalue weighted by Crippen LogP contribution is -2.04. The quantitative estimate of drug-likeness (QED) is 0.822. The van der Waals surface area contributed by atoms with Crippen molar-refractivity contribution in [3.8, 4) is 0 Å². The molecular weight excluding hydrogens is 192 g/mol. The monoisotopic (exact) mass is 206 g/mol. The lowest BCUT2D eigenvalue weighted by Gasteiger charge is -2.07. The fraction of sp³-hybridized carbons (Fsp3) is 0.417. The smallest absolute Gasteiger partial charge is 0.335 e. The first-order valence-electron chi connectivity index (χ1n) is 5.15. The zero-order valence-electron chi connectivity index (χ0n) is 8.48. The average molecular weight is 206 g/mol. The van der Waals surface area contributed by atoms with Crippen molar-refractivity contribution in [3.05, 3.63) is 35.4 Å². The van der Waals surface area contributed by atoms with E-state index >= 15 is 0 Å². The molecule has 1 saturated heterocycles. The number of rotatable bonds is 3. The second-order valence-corrected chi connectivity index (χ2v) is 3.94. The minimum atomic E-state index is -0.870. The van der Waals surface area contributed by atoms with Crippen LogP contribution in [0.2, 0.25) is 0 Å². The highest BCUT2D eigenvalue weighted by molar-refractivity contribution is 5.87. The SMILES string of the molecule is O=C(O)c1ccc(CC2CCOC2)cc1. The summed E-state index contributed by atoms with van der Waals surface area (Å²) in [6.07, 6.45) is 2.10. The van der Waals surface area contributed by atoms with E-state index in [1.54, 1.807) is 12.1 Å². The van der Waals surface area contributed by atoms with Crippen molar-refractivity contribution in [1.82, 2.24) is 0 Å². The number of carboxylic acid groups (broad SMARTS) is 1. The van der Waals surface area contributed by atoms with Gasteiger partial charge in [-0.25, -0.2) is 4.79 Å². The van der Waals surface area contributed by atoms with Gasteiger partial charge in [0.25, 0.3) is 0 Å². The summed E-state index contributed by atoms with van der Waals surface area (Å²) in [6.45, 7) is 1.69. The van der Waals surface area contributed by atoms with Crippen LogP contribution >= 0.6 is 0 Å². The largest absolute Gasteiger partial charge is 0.478 e. The summed E-state index contributed by atoms with van der Waals surface area (Å²) in [6, 6.07) is 7.10. The second kappa shape index (κ2) is 4.45. The van der Waals surface area contributed by atoms with Crippen molar-refractivity contribution >= 4 is 5.97 Å². The number of aromatic carboxylic acids is 1. The first-order chi connectivity index (χ1) is 7.25. The molecule has 1 aromatic rings. The maximum Gasteiger partial charge on any atom is 0.335 e. The third-order valence-electron chi connectivity index (χ3n) is 2.75. The molecule has 1 aliphatic rings. The molecule has 1 fully saturated rings. The predicted molar refractivity (Wildman–Crippen MR) is 56.0 cm³/mol. The van der Waals surface area contributed by atoms with Crippen LogP contribution in [0.1, 0.15) is 22.3 Å².